The third kappa shape index (κ3) is 4.38. The zero-order valence-corrected chi connectivity index (χ0v) is 10.5. The number of ether oxygens (including phenoxy) is 1. The van der Waals surface area contributed by atoms with Gasteiger partial charge in [0.05, 0.1) is 12.8 Å². The molecule has 0 radical (unpaired) electrons. The second-order valence-corrected chi connectivity index (χ2v) is 3.92. The lowest BCUT2D eigenvalue weighted by Gasteiger charge is -2.08. The van der Waals surface area contributed by atoms with Crippen molar-refractivity contribution in [3.63, 3.8) is 0 Å². The Hall–Kier alpha value is -2.15. The summed E-state index contributed by atoms with van der Waals surface area (Å²) in [5.74, 6) is 3.08. The zero-order valence-electron chi connectivity index (χ0n) is 10.5. The number of anilines is 2. The van der Waals surface area contributed by atoms with Gasteiger partial charge in [-0.1, -0.05) is 0 Å². The number of nitrogen functional groups attached to an aromatic ring is 1. The van der Waals surface area contributed by atoms with Gasteiger partial charge in [-0.2, -0.15) is 0 Å². The van der Waals surface area contributed by atoms with Gasteiger partial charge in [-0.25, -0.2) is 0 Å². The van der Waals surface area contributed by atoms with Crippen molar-refractivity contribution in [1.82, 2.24) is 0 Å². The monoisotopic (exact) mass is 246 g/mol. The number of hydrogen-bond donors (Lipinski definition) is 2. The summed E-state index contributed by atoms with van der Waals surface area (Å²) in [6, 6.07) is 5.15. The molecule has 0 atom stereocenters. The van der Waals surface area contributed by atoms with Gasteiger partial charge in [0.2, 0.25) is 5.91 Å². The van der Waals surface area contributed by atoms with E-state index < -0.39 is 0 Å². The molecule has 0 saturated carbocycles. The number of methoxy groups -OCH3 is 1. The van der Waals surface area contributed by atoms with E-state index in [1.165, 1.54) is 7.11 Å². The summed E-state index contributed by atoms with van der Waals surface area (Å²) < 4.78 is 5.08. The number of nitrogens with two attached hydrogens (primary N) is 1. The number of terminal acetylenes is 1. The van der Waals surface area contributed by atoms with E-state index in [1.807, 2.05) is 0 Å². The minimum atomic E-state index is -0.0288. The van der Waals surface area contributed by atoms with Crippen LogP contribution in [-0.4, -0.2) is 13.0 Å². The molecule has 0 aliphatic rings. The molecule has 0 bridgehead atoms. The van der Waals surface area contributed by atoms with E-state index >= 15 is 0 Å². The second kappa shape index (κ2) is 7.23. The van der Waals surface area contributed by atoms with Crippen molar-refractivity contribution in [1.29, 1.82) is 0 Å². The van der Waals surface area contributed by atoms with Crippen LogP contribution in [0.15, 0.2) is 18.2 Å². The molecular formula is C14H18N2O2. The lowest BCUT2D eigenvalue weighted by Crippen LogP contribution is -2.11. The van der Waals surface area contributed by atoms with Gasteiger partial charge in [0.25, 0.3) is 0 Å². The van der Waals surface area contributed by atoms with E-state index in [1.54, 1.807) is 18.2 Å². The Balaban J connectivity index is 2.47. The number of nitrogens with one attached hydrogen (secondary N) is 1. The van der Waals surface area contributed by atoms with Crippen LogP contribution in [0.4, 0.5) is 11.4 Å². The molecule has 0 aliphatic heterocycles. The smallest absolute Gasteiger partial charge is 0.224 e. The highest BCUT2D eigenvalue weighted by Crippen LogP contribution is 2.25. The van der Waals surface area contributed by atoms with Crippen LogP contribution in [0, 0.1) is 12.3 Å². The van der Waals surface area contributed by atoms with E-state index in [-0.39, 0.29) is 5.91 Å². The second-order valence-electron chi connectivity index (χ2n) is 3.92. The standard InChI is InChI=1S/C14H18N2O2/c1-3-4-5-6-7-14(17)16-11-8-9-12(15)13(10-11)18-2/h1,8-10H,4-7,15H2,2H3,(H,16,17). The van der Waals surface area contributed by atoms with Gasteiger partial charge in [0, 0.05) is 24.6 Å². The number of carbonyl (C=O) groups is 1. The highest BCUT2D eigenvalue weighted by atomic mass is 16.5. The van der Waals surface area contributed by atoms with Crippen molar-refractivity contribution in [2.45, 2.75) is 25.7 Å². The summed E-state index contributed by atoms with van der Waals surface area (Å²) in [6.07, 6.45) is 7.98. The largest absolute Gasteiger partial charge is 0.495 e. The Bertz CT molecular complexity index is 450. The van der Waals surface area contributed by atoms with Gasteiger partial charge in [-0.05, 0) is 25.0 Å². The summed E-state index contributed by atoms with van der Waals surface area (Å²) in [5.41, 5.74) is 6.92. The molecule has 0 unspecified atom stereocenters. The maximum atomic E-state index is 11.6. The molecule has 1 amide bonds. The first-order chi connectivity index (χ1) is 8.67. The maximum absolute atomic E-state index is 11.6. The van der Waals surface area contributed by atoms with Crippen molar-refractivity contribution in [2.24, 2.45) is 0 Å². The maximum Gasteiger partial charge on any atom is 0.224 e. The minimum Gasteiger partial charge on any atom is -0.495 e. The topological polar surface area (TPSA) is 64.4 Å². The lowest BCUT2D eigenvalue weighted by molar-refractivity contribution is -0.116. The summed E-state index contributed by atoms with van der Waals surface area (Å²) in [4.78, 5) is 11.6. The van der Waals surface area contributed by atoms with Crippen LogP contribution >= 0.6 is 0 Å². The summed E-state index contributed by atoms with van der Waals surface area (Å²) in [5, 5.41) is 2.79. The number of amides is 1. The van der Waals surface area contributed by atoms with Crippen molar-refractivity contribution in [3.8, 4) is 18.1 Å². The van der Waals surface area contributed by atoms with Gasteiger partial charge in [-0.3, -0.25) is 4.79 Å². The molecule has 3 N–H and O–H groups in total. The predicted octanol–water partition coefficient (Wildman–Crippen LogP) is 2.41. The number of benzene rings is 1. The van der Waals surface area contributed by atoms with Gasteiger partial charge in [-0.15, -0.1) is 12.3 Å². The normalized spacial score (nSPS) is 9.56. The fourth-order valence-electron chi connectivity index (χ4n) is 1.53. The third-order valence-corrected chi connectivity index (χ3v) is 2.49. The molecule has 0 spiro atoms. The molecule has 4 nitrogen and oxygen atoms in total. The van der Waals surface area contributed by atoms with Crippen LogP contribution in [0.5, 0.6) is 5.75 Å². The van der Waals surface area contributed by atoms with E-state index in [4.69, 9.17) is 16.9 Å². The summed E-state index contributed by atoms with van der Waals surface area (Å²) in [6.45, 7) is 0. The van der Waals surface area contributed by atoms with Crippen molar-refractivity contribution in [3.05, 3.63) is 18.2 Å². The van der Waals surface area contributed by atoms with Gasteiger partial charge in [0.1, 0.15) is 5.75 Å². The third-order valence-electron chi connectivity index (χ3n) is 2.49. The Labute approximate surface area is 108 Å². The van der Waals surface area contributed by atoms with Crippen LogP contribution in [0.1, 0.15) is 25.7 Å². The highest BCUT2D eigenvalue weighted by molar-refractivity contribution is 5.91. The van der Waals surface area contributed by atoms with Crippen LogP contribution < -0.4 is 15.8 Å². The molecule has 0 heterocycles. The van der Waals surface area contributed by atoms with E-state index in [0.717, 1.165) is 12.8 Å². The van der Waals surface area contributed by atoms with Crippen LogP contribution in [0.2, 0.25) is 0 Å². The lowest BCUT2D eigenvalue weighted by atomic mass is 10.2. The number of rotatable bonds is 6. The van der Waals surface area contributed by atoms with E-state index in [0.29, 0.717) is 30.0 Å². The average Bonchev–Trinajstić information content (AvgIpc) is 2.37. The average molecular weight is 246 g/mol. The SMILES string of the molecule is C#CCCCCC(=O)Nc1ccc(N)c(OC)c1. The quantitative estimate of drug-likeness (QED) is 0.460. The molecule has 1 rings (SSSR count). The molecule has 0 fully saturated rings. The number of carbonyl (C=O) groups excluding carboxylic acids is 1. The summed E-state index contributed by atoms with van der Waals surface area (Å²) >= 11 is 0. The molecule has 96 valence electrons. The first-order valence-corrected chi connectivity index (χ1v) is 5.84. The van der Waals surface area contributed by atoms with Crippen molar-refractivity contribution >= 4 is 17.3 Å². The van der Waals surface area contributed by atoms with Gasteiger partial charge >= 0.3 is 0 Å². The molecule has 0 aliphatic carbocycles. The molecule has 0 aromatic heterocycles. The van der Waals surface area contributed by atoms with Crippen molar-refractivity contribution < 1.29 is 9.53 Å². The Kier molecular flexibility index (Phi) is 5.59. The predicted molar refractivity (Wildman–Crippen MR) is 73.3 cm³/mol. The Morgan fingerprint density at radius 2 is 2.28 bits per heavy atom. The van der Waals surface area contributed by atoms with E-state index in [2.05, 4.69) is 11.2 Å². The molecular weight excluding hydrogens is 228 g/mol. The van der Waals surface area contributed by atoms with Crippen LogP contribution in [0.3, 0.4) is 0 Å². The number of hydrogen-bond acceptors (Lipinski definition) is 3. The van der Waals surface area contributed by atoms with Crippen LogP contribution in [-0.2, 0) is 4.79 Å². The molecule has 1 aromatic carbocycles. The molecule has 4 heteroatoms. The van der Waals surface area contributed by atoms with Crippen molar-refractivity contribution in [2.75, 3.05) is 18.2 Å². The highest BCUT2D eigenvalue weighted by Gasteiger charge is 2.05. The minimum absolute atomic E-state index is 0.0288. The molecule has 1 aromatic rings. The molecule has 18 heavy (non-hydrogen) atoms. The fraction of sp³-hybridized carbons (Fsp3) is 0.357. The Morgan fingerprint density at radius 3 is 2.94 bits per heavy atom. The Morgan fingerprint density at radius 1 is 1.50 bits per heavy atom. The number of unbranched alkanes of at least 4 members (excludes halogenated alkanes) is 2. The molecule has 0 saturated heterocycles. The first kappa shape index (κ1) is 13.9. The van der Waals surface area contributed by atoms with E-state index in [9.17, 15) is 4.79 Å². The summed E-state index contributed by atoms with van der Waals surface area (Å²) in [7, 11) is 1.54. The van der Waals surface area contributed by atoms with Crippen LogP contribution in [0.25, 0.3) is 0 Å². The zero-order chi connectivity index (χ0) is 13.4. The van der Waals surface area contributed by atoms with Gasteiger partial charge < -0.3 is 15.8 Å². The van der Waals surface area contributed by atoms with Gasteiger partial charge in [0.15, 0.2) is 0 Å². The fourth-order valence-corrected chi connectivity index (χ4v) is 1.53. The first-order valence-electron chi connectivity index (χ1n) is 5.84.